The summed E-state index contributed by atoms with van der Waals surface area (Å²) < 4.78 is 6.93. The molecule has 3 aromatic carbocycles. The molecule has 0 aliphatic heterocycles. The van der Waals surface area contributed by atoms with E-state index in [0.717, 1.165) is 28.6 Å². The van der Waals surface area contributed by atoms with Crippen molar-refractivity contribution >= 4 is 22.9 Å². The van der Waals surface area contributed by atoms with Crippen LogP contribution in [0.25, 0.3) is 11.0 Å². The van der Waals surface area contributed by atoms with E-state index in [1.807, 2.05) is 71.4 Å². The van der Waals surface area contributed by atoms with Crippen LogP contribution in [-0.2, 0) is 22.5 Å². The topological polar surface area (TPSA) is 86.1 Å². The number of carbonyl (C=O) groups is 2. The van der Waals surface area contributed by atoms with Crippen LogP contribution >= 0.6 is 0 Å². The summed E-state index contributed by atoms with van der Waals surface area (Å²) in [6, 6.07) is 24.7. The lowest BCUT2D eigenvalue weighted by Gasteiger charge is -2.08. The molecule has 0 aliphatic carbocycles. The zero-order valence-corrected chi connectivity index (χ0v) is 16.9. The summed E-state index contributed by atoms with van der Waals surface area (Å²) in [7, 11) is 0. The first-order valence-electron chi connectivity index (χ1n) is 10.0. The first-order chi connectivity index (χ1) is 15.2. The lowest BCUT2D eigenvalue weighted by molar-refractivity contribution is -0.124. The molecule has 7 heteroatoms. The number of para-hydroxylation sites is 1. The zero-order valence-electron chi connectivity index (χ0n) is 16.9. The molecule has 31 heavy (non-hydrogen) atoms. The molecular weight excluding hydrogens is 392 g/mol. The number of nitrogens with one attached hydrogen (secondary N) is 1. The number of aromatic nitrogens is 3. The molecule has 0 atom stereocenters. The van der Waals surface area contributed by atoms with Gasteiger partial charge >= 0.3 is 5.97 Å². The predicted octanol–water partition coefficient (Wildman–Crippen LogP) is 3.00. The largest absolute Gasteiger partial charge is 0.452 e. The summed E-state index contributed by atoms with van der Waals surface area (Å²) >= 11 is 0. The van der Waals surface area contributed by atoms with Crippen molar-refractivity contribution in [3.8, 4) is 0 Å². The van der Waals surface area contributed by atoms with Crippen LogP contribution < -0.4 is 5.32 Å². The van der Waals surface area contributed by atoms with E-state index in [-0.39, 0.29) is 12.5 Å². The van der Waals surface area contributed by atoms with Gasteiger partial charge in [0.05, 0.1) is 17.6 Å². The Morgan fingerprint density at radius 2 is 1.61 bits per heavy atom. The number of nitrogens with zero attached hydrogens (tertiary/aromatic N) is 3. The summed E-state index contributed by atoms with van der Waals surface area (Å²) in [6.07, 6.45) is 0.725. The first kappa shape index (κ1) is 20.3. The van der Waals surface area contributed by atoms with Crippen molar-refractivity contribution in [1.29, 1.82) is 0 Å². The molecule has 0 radical (unpaired) electrons. The number of rotatable bonds is 8. The first-order valence-corrected chi connectivity index (χ1v) is 10.0. The van der Waals surface area contributed by atoms with Crippen molar-refractivity contribution in [1.82, 2.24) is 20.3 Å². The number of amides is 1. The maximum atomic E-state index is 12.2. The maximum absolute atomic E-state index is 12.2. The molecule has 7 nitrogen and oxygen atoms in total. The van der Waals surface area contributed by atoms with E-state index < -0.39 is 5.97 Å². The Bertz CT molecular complexity index is 1170. The van der Waals surface area contributed by atoms with Crippen LogP contribution in [0.2, 0.25) is 0 Å². The van der Waals surface area contributed by atoms with Crippen molar-refractivity contribution < 1.29 is 14.3 Å². The second-order valence-corrected chi connectivity index (χ2v) is 7.09. The molecule has 4 aromatic rings. The minimum absolute atomic E-state index is 0.305. The van der Waals surface area contributed by atoms with Gasteiger partial charge in [0.1, 0.15) is 5.52 Å². The molecule has 1 heterocycles. The van der Waals surface area contributed by atoms with Gasteiger partial charge in [-0.05, 0) is 41.8 Å². The third-order valence-electron chi connectivity index (χ3n) is 4.86. The molecular formula is C24H22N4O3. The van der Waals surface area contributed by atoms with E-state index in [1.54, 1.807) is 12.1 Å². The molecule has 0 spiro atoms. The van der Waals surface area contributed by atoms with Crippen LogP contribution in [0, 0.1) is 0 Å². The molecule has 0 bridgehead atoms. The van der Waals surface area contributed by atoms with Gasteiger partial charge in [-0.3, -0.25) is 4.79 Å². The van der Waals surface area contributed by atoms with Gasteiger partial charge in [0.2, 0.25) is 0 Å². The summed E-state index contributed by atoms with van der Waals surface area (Å²) in [5.74, 6) is -0.852. The lowest BCUT2D eigenvalue weighted by Crippen LogP contribution is -2.30. The molecule has 1 amide bonds. The number of esters is 1. The van der Waals surface area contributed by atoms with Crippen LogP contribution in [0.15, 0.2) is 78.9 Å². The average Bonchev–Trinajstić information content (AvgIpc) is 3.21. The van der Waals surface area contributed by atoms with Gasteiger partial charge in [0, 0.05) is 6.54 Å². The standard InChI is InChI=1S/C24H22N4O3/c29-23(25-15-14-18-6-2-1-3-7-18)17-31-24(30)20-12-10-19(11-13-20)16-28-22-9-5-4-8-21(22)26-27-28/h1-13H,14-17H2,(H,25,29). The molecule has 1 N–H and O–H groups in total. The molecule has 0 saturated carbocycles. The van der Waals surface area contributed by atoms with E-state index >= 15 is 0 Å². The molecule has 0 aliphatic rings. The van der Waals surface area contributed by atoms with Crippen LogP contribution in [0.3, 0.4) is 0 Å². The van der Waals surface area contributed by atoms with E-state index in [0.29, 0.717) is 18.7 Å². The summed E-state index contributed by atoms with van der Waals surface area (Å²) in [4.78, 5) is 24.1. The van der Waals surface area contributed by atoms with E-state index in [9.17, 15) is 9.59 Å². The third kappa shape index (κ3) is 5.33. The van der Waals surface area contributed by atoms with Gasteiger partial charge in [0.15, 0.2) is 6.61 Å². The third-order valence-corrected chi connectivity index (χ3v) is 4.86. The van der Waals surface area contributed by atoms with Crippen LogP contribution in [0.1, 0.15) is 21.5 Å². The molecule has 0 saturated heterocycles. The minimum Gasteiger partial charge on any atom is -0.452 e. The minimum atomic E-state index is -0.532. The Balaban J connectivity index is 1.25. The highest BCUT2D eigenvalue weighted by molar-refractivity contribution is 5.91. The molecule has 0 unspecified atom stereocenters. The maximum Gasteiger partial charge on any atom is 0.338 e. The fourth-order valence-corrected chi connectivity index (χ4v) is 3.21. The number of hydrogen-bond acceptors (Lipinski definition) is 5. The number of hydrogen-bond donors (Lipinski definition) is 1. The second kappa shape index (κ2) is 9.67. The van der Waals surface area contributed by atoms with Gasteiger partial charge in [0.25, 0.3) is 5.91 Å². The zero-order chi connectivity index (χ0) is 21.5. The van der Waals surface area contributed by atoms with Crippen molar-refractivity contribution in [2.45, 2.75) is 13.0 Å². The fourth-order valence-electron chi connectivity index (χ4n) is 3.21. The Morgan fingerprint density at radius 3 is 2.42 bits per heavy atom. The Kier molecular flexibility index (Phi) is 6.32. The summed E-state index contributed by atoms with van der Waals surface area (Å²) in [5.41, 5.74) is 4.29. The number of benzene rings is 3. The van der Waals surface area contributed by atoms with Gasteiger partial charge < -0.3 is 10.1 Å². The number of fused-ring (bicyclic) bond motifs is 1. The SMILES string of the molecule is O=C(COC(=O)c1ccc(Cn2nnc3ccccc32)cc1)NCCc1ccccc1. The molecule has 156 valence electrons. The van der Waals surface area contributed by atoms with Gasteiger partial charge in [-0.15, -0.1) is 5.10 Å². The summed E-state index contributed by atoms with van der Waals surface area (Å²) in [5, 5.41) is 11.1. The van der Waals surface area contributed by atoms with Crippen molar-refractivity contribution in [3.63, 3.8) is 0 Å². The second-order valence-electron chi connectivity index (χ2n) is 7.09. The molecule has 1 aromatic heterocycles. The molecule has 0 fully saturated rings. The Morgan fingerprint density at radius 1 is 0.871 bits per heavy atom. The fraction of sp³-hybridized carbons (Fsp3) is 0.167. The number of ether oxygens (including phenoxy) is 1. The summed E-state index contributed by atoms with van der Waals surface area (Å²) in [6.45, 7) is 0.728. The average molecular weight is 414 g/mol. The van der Waals surface area contributed by atoms with Gasteiger partial charge in [-0.2, -0.15) is 0 Å². The Labute approximate surface area is 179 Å². The highest BCUT2D eigenvalue weighted by Gasteiger charge is 2.11. The quantitative estimate of drug-likeness (QED) is 0.448. The van der Waals surface area contributed by atoms with E-state index in [2.05, 4.69) is 15.6 Å². The van der Waals surface area contributed by atoms with Crippen molar-refractivity contribution in [2.24, 2.45) is 0 Å². The van der Waals surface area contributed by atoms with Crippen molar-refractivity contribution in [2.75, 3.05) is 13.2 Å². The van der Waals surface area contributed by atoms with Crippen LogP contribution in [0.5, 0.6) is 0 Å². The smallest absolute Gasteiger partial charge is 0.338 e. The highest BCUT2D eigenvalue weighted by atomic mass is 16.5. The lowest BCUT2D eigenvalue weighted by atomic mass is 10.1. The van der Waals surface area contributed by atoms with Crippen LogP contribution in [0.4, 0.5) is 0 Å². The highest BCUT2D eigenvalue weighted by Crippen LogP contribution is 2.13. The van der Waals surface area contributed by atoms with Crippen LogP contribution in [-0.4, -0.2) is 40.0 Å². The van der Waals surface area contributed by atoms with E-state index in [4.69, 9.17) is 4.74 Å². The molecule has 4 rings (SSSR count). The number of carbonyl (C=O) groups excluding carboxylic acids is 2. The predicted molar refractivity (Wildman–Crippen MR) is 117 cm³/mol. The van der Waals surface area contributed by atoms with E-state index in [1.165, 1.54) is 0 Å². The normalized spacial score (nSPS) is 10.7. The van der Waals surface area contributed by atoms with Gasteiger partial charge in [-0.25, -0.2) is 9.48 Å². The van der Waals surface area contributed by atoms with Crippen molar-refractivity contribution in [3.05, 3.63) is 95.6 Å². The Hall–Kier alpha value is -4.00. The monoisotopic (exact) mass is 414 g/mol. The van der Waals surface area contributed by atoms with Gasteiger partial charge in [-0.1, -0.05) is 59.8 Å².